The summed E-state index contributed by atoms with van der Waals surface area (Å²) in [4.78, 5) is 21.2. The molecular weight excluding hydrogens is 160 g/mol. The molecule has 12 heavy (non-hydrogen) atoms. The number of carboxylic acid groups (broad SMARTS) is 2. The van der Waals surface area contributed by atoms with Gasteiger partial charge in [0.15, 0.2) is 0 Å². The highest BCUT2D eigenvalue weighted by molar-refractivity contribution is 6.03. The van der Waals surface area contributed by atoms with Crippen LogP contribution in [-0.2, 0) is 9.59 Å². The van der Waals surface area contributed by atoms with E-state index in [4.69, 9.17) is 10.2 Å². The van der Waals surface area contributed by atoms with Crippen molar-refractivity contribution in [2.75, 3.05) is 0 Å². The summed E-state index contributed by atoms with van der Waals surface area (Å²) in [6, 6.07) is 0. The zero-order valence-corrected chi connectivity index (χ0v) is 6.10. The fourth-order valence-corrected chi connectivity index (χ4v) is 0.911. The summed E-state index contributed by atoms with van der Waals surface area (Å²) in [5.74, 6) is -2.76. The summed E-state index contributed by atoms with van der Waals surface area (Å²) in [7, 11) is 0. The maximum atomic E-state index is 10.6. The second kappa shape index (κ2) is 2.81. The van der Waals surface area contributed by atoms with Crippen LogP contribution >= 0.6 is 0 Å². The molecule has 2 N–H and O–H groups in total. The monoisotopic (exact) mass is 167 g/mol. The Morgan fingerprint density at radius 3 is 1.67 bits per heavy atom. The molecule has 0 saturated carbocycles. The number of rotatable bonds is 2. The first-order valence-electron chi connectivity index (χ1n) is 3.27. The third kappa shape index (κ3) is 1.11. The number of carboxylic acids is 2. The lowest BCUT2D eigenvalue weighted by Gasteiger charge is -2.18. The van der Waals surface area contributed by atoms with E-state index in [0.717, 1.165) is 12.2 Å². The highest BCUT2D eigenvalue weighted by Gasteiger charge is 2.42. The smallest absolute Gasteiger partial charge is 0.328 e. The lowest BCUT2D eigenvalue weighted by molar-refractivity contribution is -0.157. The lowest BCUT2D eigenvalue weighted by Crippen LogP contribution is -2.36. The third-order valence-corrected chi connectivity index (χ3v) is 1.65. The van der Waals surface area contributed by atoms with Gasteiger partial charge >= 0.3 is 11.9 Å². The molecule has 0 aliphatic heterocycles. The minimum Gasteiger partial charge on any atom is -0.480 e. The molecule has 0 unspecified atom stereocenters. The van der Waals surface area contributed by atoms with Crippen LogP contribution < -0.4 is 0 Å². The van der Waals surface area contributed by atoms with Gasteiger partial charge in [0.1, 0.15) is 0 Å². The zero-order chi connectivity index (χ0) is 9.19. The van der Waals surface area contributed by atoms with Crippen LogP contribution in [0.2, 0.25) is 0 Å². The average Bonchev–Trinajstić information content (AvgIpc) is 2.05. The second-order valence-corrected chi connectivity index (χ2v) is 2.39. The molecule has 4 nitrogen and oxygen atoms in total. The third-order valence-electron chi connectivity index (χ3n) is 1.65. The molecule has 4 heteroatoms. The molecule has 0 heterocycles. The number of aliphatic carboxylic acids is 2. The second-order valence-electron chi connectivity index (χ2n) is 2.39. The van der Waals surface area contributed by atoms with Crippen molar-refractivity contribution in [2.24, 2.45) is 5.41 Å². The van der Waals surface area contributed by atoms with Gasteiger partial charge in [0.2, 0.25) is 5.41 Å². The Morgan fingerprint density at radius 1 is 1.00 bits per heavy atom. The minimum absolute atomic E-state index is 1.14. The molecule has 0 fully saturated rings. The Bertz CT molecular complexity index is 247. The molecule has 0 aromatic rings. The van der Waals surface area contributed by atoms with Gasteiger partial charge in [-0.05, 0) is 0 Å². The van der Waals surface area contributed by atoms with E-state index in [1.165, 1.54) is 12.2 Å². The average molecular weight is 167 g/mol. The summed E-state index contributed by atoms with van der Waals surface area (Å²) < 4.78 is 0. The van der Waals surface area contributed by atoms with E-state index in [0.29, 0.717) is 0 Å². The molecule has 0 spiro atoms. The van der Waals surface area contributed by atoms with Crippen molar-refractivity contribution < 1.29 is 19.8 Å². The van der Waals surface area contributed by atoms with Gasteiger partial charge < -0.3 is 10.2 Å². The molecule has 63 valence electrons. The van der Waals surface area contributed by atoms with Gasteiger partial charge in [-0.25, -0.2) is 0 Å². The van der Waals surface area contributed by atoms with E-state index >= 15 is 0 Å². The predicted molar refractivity (Wildman–Crippen MR) is 40.3 cm³/mol. The van der Waals surface area contributed by atoms with Crippen molar-refractivity contribution in [2.45, 2.75) is 0 Å². The van der Waals surface area contributed by atoms with Crippen molar-refractivity contribution in [1.29, 1.82) is 0 Å². The van der Waals surface area contributed by atoms with Gasteiger partial charge in [-0.1, -0.05) is 24.3 Å². The molecule has 1 aliphatic carbocycles. The Morgan fingerprint density at radius 2 is 1.42 bits per heavy atom. The van der Waals surface area contributed by atoms with Crippen LogP contribution in [0.3, 0.4) is 0 Å². The van der Waals surface area contributed by atoms with E-state index < -0.39 is 17.4 Å². The topological polar surface area (TPSA) is 74.6 Å². The number of carbonyl (C=O) groups is 2. The van der Waals surface area contributed by atoms with Crippen molar-refractivity contribution in [3.8, 4) is 0 Å². The minimum atomic E-state index is -1.88. The fraction of sp³-hybridized carbons (Fsp3) is 0.125. The summed E-state index contributed by atoms with van der Waals surface area (Å²) in [5.41, 5.74) is -1.88. The van der Waals surface area contributed by atoms with Crippen LogP contribution in [-0.4, -0.2) is 22.2 Å². The van der Waals surface area contributed by atoms with E-state index in [1.54, 1.807) is 6.42 Å². The highest BCUT2D eigenvalue weighted by atomic mass is 16.4. The normalized spacial score (nSPS) is 19.0. The SMILES string of the molecule is O=C(O)C1(C(=O)O)C=C[CH]C=C1. The maximum absolute atomic E-state index is 10.6. The van der Waals surface area contributed by atoms with Crippen LogP contribution in [0.4, 0.5) is 0 Å². The first kappa shape index (κ1) is 8.52. The Labute approximate surface area is 68.8 Å². The fourth-order valence-electron chi connectivity index (χ4n) is 0.911. The molecular formula is C8H7O4. The summed E-state index contributed by atoms with van der Waals surface area (Å²) in [6.45, 7) is 0. The van der Waals surface area contributed by atoms with Crippen molar-refractivity contribution >= 4 is 11.9 Å². The lowest BCUT2D eigenvalue weighted by atomic mass is 9.84. The maximum Gasteiger partial charge on any atom is 0.328 e. The molecule has 0 amide bonds. The van der Waals surface area contributed by atoms with Gasteiger partial charge in [-0.3, -0.25) is 9.59 Å². The van der Waals surface area contributed by atoms with Crippen molar-refractivity contribution in [1.82, 2.24) is 0 Å². The highest BCUT2D eigenvalue weighted by Crippen LogP contribution is 2.25. The van der Waals surface area contributed by atoms with Crippen LogP contribution in [0, 0.1) is 11.8 Å². The Kier molecular flexibility index (Phi) is 1.99. The molecule has 1 aliphatic rings. The predicted octanol–water partition coefficient (Wildman–Crippen LogP) is 0.472. The van der Waals surface area contributed by atoms with E-state index in [2.05, 4.69) is 0 Å². The summed E-state index contributed by atoms with van der Waals surface area (Å²) >= 11 is 0. The van der Waals surface area contributed by atoms with Gasteiger partial charge in [0, 0.05) is 6.42 Å². The zero-order valence-electron chi connectivity index (χ0n) is 6.10. The van der Waals surface area contributed by atoms with Gasteiger partial charge in [0.25, 0.3) is 0 Å². The first-order chi connectivity index (χ1) is 5.59. The molecule has 0 atom stereocenters. The molecule has 1 radical (unpaired) electrons. The molecule has 1 rings (SSSR count). The van der Waals surface area contributed by atoms with Crippen LogP contribution in [0.1, 0.15) is 0 Å². The van der Waals surface area contributed by atoms with E-state index in [1.807, 2.05) is 0 Å². The van der Waals surface area contributed by atoms with Gasteiger partial charge in [-0.2, -0.15) is 0 Å². The largest absolute Gasteiger partial charge is 0.480 e. The van der Waals surface area contributed by atoms with E-state index in [-0.39, 0.29) is 0 Å². The molecule has 0 saturated heterocycles. The summed E-state index contributed by atoms with van der Waals surface area (Å²) in [5, 5.41) is 17.3. The van der Waals surface area contributed by atoms with Crippen molar-refractivity contribution in [3.05, 3.63) is 30.7 Å². The molecule has 0 aromatic heterocycles. The standard InChI is InChI=1S/C8H7O4/c9-6(10)8(7(11)12)4-2-1-3-5-8/h1-5H,(H,9,10)(H,11,12). The molecule has 0 bridgehead atoms. The van der Waals surface area contributed by atoms with Gasteiger partial charge in [0.05, 0.1) is 0 Å². The number of hydrogen-bond acceptors (Lipinski definition) is 2. The van der Waals surface area contributed by atoms with Crippen molar-refractivity contribution in [3.63, 3.8) is 0 Å². The first-order valence-corrected chi connectivity index (χ1v) is 3.27. The van der Waals surface area contributed by atoms with Crippen LogP contribution in [0.15, 0.2) is 24.3 Å². The Hall–Kier alpha value is -1.58. The van der Waals surface area contributed by atoms with Crippen LogP contribution in [0.5, 0.6) is 0 Å². The number of allylic oxidation sites excluding steroid dienone is 2. The summed E-state index contributed by atoms with van der Waals surface area (Å²) in [6.07, 6.45) is 6.66. The van der Waals surface area contributed by atoms with Gasteiger partial charge in [-0.15, -0.1) is 0 Å². The Balaban J connectivity index is 3.10. The van der Waals surface area contributed by atoms with Crippen LogP contribution in [0.25, 0.3) is 0 Å². The number of hydrogen-bond donors (Lipinski definition) is 2. The van der Waals surface area contributed by atoms with E-state index in [9.17, 15) is 9.59 Å². The molecule has 0 aromatic carbocycles. The quantitative estimate of drug-likeness (QED) is 0.586.